The highest BCUT2D eigenvalue weighted by Gasteiger charge is 2.11. The van der Waals surface area contributed by atoms with Crippen LogP contribution in [-0.2, 0) is 16.1 Å². The highest BCUT2D eigenvalue weighted by atomic mass is 35.5. The lowest BCUT2D eigenvalue weighted by Crippen LogP contribution is -2.19. The number of carbonyl (C=O) groups excluding carboxylic acids is 2. The van der Waals surface area contributed by atoms with Crippen molar-refractivity contribution in [2.45, 2.75) is 6.61 Å². The Hall–Kier alpha value is -3.31. The highest BCUT2D eigenvalue weighted by Crippen LogP contribution is 2.19. The largest absolute Gasteiger partial charge is 0.489 e. The van der Waals surface area contributed by atoms with Crippen LogP contribution in [0.2, 0.25) is 5.02 Å². The van der Waals surface area contributed by atoms with Crippen molar-refractivity contribution in [2.75, 3.05) is 13.2 Å². The molecule has 29 heavy (non-hydrogen) atoms. The molecule has 0 aliphatic rings. The maximum absolute atomic E-state index is 12.0. The third-order valence-corrected chi connectivity index (χ3v) is 4.17. The van der Waals surface area contributed by atoms with Crippen LogP contribution < -0.4 is 9.47 Å². The van der Waals surface area contributed by atoms with Gasteiger partial charge in [0.05, 0.1) is 0 Å². The molecule has 0 radical (unpaired) electrons. The zero-order valence-corrected chi connectivity index (χ0v) is 16.3. The van der Waals surface area contributed by atoms with Crippen LogP contribution in [-0.4, -0.2) is 25.0 Å². The minimum atomic E-state index is -0.634. The molecule has 148 valence electrons. The predicted octanol–water partition coefficient (Wildman–Crippen LogP) is 4.72. The monoisotopic (exact) mass is 410 g/mol. The van der Waals surface area contributed by atoms with Gasteiger partial charge in [-0.2, -0.15) is 0 Å². The smallest absolute Gasteiger partial charge is 0.344 e. The lowest BCUT2D eigenvalue weighted by molar-refractivity contribution is -0.144. The second kappa shape index (κ2) is 10.3. The number of Topliss-reactive ketones (excluding diaryl/α,β-unsaturated/α-hetero) is 1. The summed E-state index contributed by atoms with van der Waals surface area (Å²) in [5.74, 6) is 0.219. The first-order valence-electron chi connectivity index (χ1n) is 8.94. The van der Waals surface area contributed by atoms with Crippen molar-refractivity contribution in [2.24, 2.45) is 0 Å². The van der Waals surface area contributed by atoms with Gasteiger partial charge in [0.1, 0.15) is 18.1 Å². The summed E-state index contributed by atoms with van der Waals surface area (Å²) >= 11 is 5.84. The number of rotatable bonds is 9. The summed E-state index contributed by atoms with van der Waals surface area (Å²) in [4.78, 5) is 23.8. The Morgan fingerprint density at radius 2 is 1.45 bits per heavy atom. The Morgan fingerprint density at radius 3 is 2.14 bits per heavy atom. The molecule has 3 aromatic carbocycles. The van der Waals surface area contributed by atoms with E-state index < -0.39 is 5.97 Å². The molecule has 5 nitrogen and oxygen atoms in total. The summed E-state index contributed by atoms with van der Waals surface area (Å²) in [6, 6.07) is 23.2. The zero-order chi connectivity index (χ0) is 20.5. The molecule has 0 saturated carbocycles. The minimum absolute atomic E-state index is 0.299. The van der Waals surface area contributed by atoms with Crippen molar-refractivity contribution in [1.82, 2.24) is 0 Å². The second-order valence-electron chi connectivity index (χ2n) is 6.13. The molecule has 0 atom stereocenters. The van der Waals surface area contributed by atoms with Crippen LogP contribution in [0, 0.1) is 0 Å². The van der Waals surface area contributed by atoms with E-state index >= 15 is 0 Å². The molecule has 0 fully saturated rings. The number of hydrogen-bond donors (Lipinski definition) is 0. The maximum atomic E-state index is 12.0. The Morgan fingerprint density at radius 1 is 0.759 bits per heavy atom. The van der Waals surface area contributed by atoms with Gasteiger partial charge in [0.15, 0.2) is 19.0 Å². The van der Waals surface area contributed by atoms with Crippen LogP contribution >= 0.6 is 11.6 Å². The molecule has 0 aromatic heterocycles. The predicted molar refractivity (Wildman–Crippen MR) is 109 cm³/mol. The SMILES string of the molecule is O=C(COc1ccc(OCc2ccccc2)cc1)OCC(=O)c1cccc(Cl)c1. The van der Waals surface area contributed by atoms with E-state index in [1.165, 1.54) is 6.07 Å². The Balaban J connectivity index is 1.40. The van der Waals surface area contributed by atoms with Gasteiger partial charge in [-0.3, -0.25) is 4.79 Å². The van der Waals surface area contributed by atoms with Gasteiger partial charge in [0.25, 0.3) is 0 Å². The van der Waals surface area contributed by atoms with Crippen molar-refractivity contribution >= 4 is 23.4 Å². The molecule has 6 heteroatoms. The van der Waals surface area contributed by atoms with Gasteiger partial charge in [-0.25, -0.2) is 4.79 Å². The summed E-state index contributed by atoms with van der Waals surface area (Å²) < 4.78 is 16.0. The Bertz CT molecular complexity index is 955. The van der Waals surface area contributed by atoms with Gasteiger partial charge in [0, 0.05) is 10.6 Å². The summed E-state index contributed by atoms with van der Waals surface area (Å²) in [5, 5.41) is 0.446. The Labute approximate surface area is 173 Å². The molecule has 0 unspecified atom stereocenters. The van der Waals surface area contributed by atoms with Crippen LogP contribution in [0.5, 0.6) is 11.5 Å². The van der Waals surface area contributed by atoms with Crippen molar-refractivity contribution < 1.29 is 23.8 Å². The van der Waals surface area contributed by atoms with E-state index in [1.807, 2.05) is 30.3 Å². The molecule has 0 heterocycles. The van der Waals surface area contributed by atoms with E-state index in [1.54, 1.807) is 42.5 Å². The molecule has 3 aromatic rings. The first-order valence-corrected chi connectivity index (χ1v) is 9.32. The second-order valence-corrected chi connectivity index (χ2v) is 6.56. The molecule has 0 amide bonds. The molecule has 0 N–H and O–H groups in total. The summed E-state index contributed by atoms with van der Waals surface area (Å²) in [6.45, 7) is -0.199. The van der Waals surface area contributed by atoms with Crippen molar-refractivity contribution in [1.29, 1.82) is 0 Å². The van der Waals surface area contributed by atoms with E-state index in [9.17, 15) is 9.59 Å². The van der Waals surface area contributed by atoms with E-state index in [2.05, 4.69) is 0 Å². The lowest BCUT2D eigenvalue weighted by atomic mass is 10.1. The van der Waals surface area contributed by atoms with E-state index in [4.69, 9.17) is 25.8 Å². The van der Waals surface area contributed by atoms with Gasteiger partial charge < -0.3 is 14.2 Å². The van der Waals surface area contributed by atoms with E-state index in [-0.39, 0.29) is 19.0 Å². The molecular weight excluding hydrogens is 392 g/mol. The van der Waals surface area contributed by atoms with Crippen LogP contribution in [0.25, 0.3) is 0 Å². The molecule has 3 rings (SSSR count). The molecule has 0 aliphatic heterocycles. The zero-order valence-electron chi connectivity index (χ0n) is 15.5. The standard InChI is InChI=1S/C23H19ClO5/c24-19-8-4-7-18(13-19)22(25)15-29-23(26)16-28-21-11-9-20(10-12-21)27-14-17-5-2-1-3-6-17/h1-13H,14-16H2. The number of benzene rings is 3. The van der Waals surface area contributed by atoms with Crippen LogP contribution in [0.1, 0.15) is 15.9 Å². The van der Waals surface area contributed by atoms with Crippen LogP contribution in [0.4, 0.5) is 0 Å². The minimum Gasteiger partial charge on any atom is -0.489 e. The van der Waals surface area contributed by atoms with Gasteiger partial charge in [-0.15, -0.1) is 0 Å². The normalized spacial score (nSPS) is 10.2. The van der Waals surface area contributed by atoms with Crippen LogP contribution in [0.3, 0.4) is 0 Å². The van der Waals surface area contributed by atoms with Crippen molar-refractivity contribution in [3.05, 3.63) is 95.0 Å². The summed E-state index contributed by atoms with van der Waals surface area (Å²) in [5.41, 5.74) is 1.46. The summed E-state index contributed by atoms with van der Waals surface area (Å²) in [7, 11) is 0. The van der Waals surface area contributed by atoms with Crippen molar-refractivity contribution in [3.63, 3.8) is 0 Å². The number of ketones is 1. The average Bonchev–Trinajstić information content (AvgIpc) is 2.76. The van der Waals surface area contributed by atoms with Crippen LogP contribution in [0.15, 0.2) is 78.9 Å². The fourth-order valence-electron chi connectivity index (χ4n) is 2.45. The third-order valence-electron chi connectivity index (χ3n) is 3.94. The van der Waals surface area contributed by atoms with Gasteiger partial charge >= 0.3 is 5.97 Å². The average molecular weight is 411 g/mol. The van der Waals surface area contributed by atoms with Gasteiger partial charge in [-0.1, -0.05) is 54.1 Å². The maximum Gasteiger partial charge on any atom is 0.344 e. The fraction of sp³-hybridized carbons (Fsp3) is 0.130. The first-order chi connectivity index (χ1) is 14.1. The molecule has 0 spiro atoms. The number of esters is 1. The highest BCUT2D eigenvalue weighted by molar-refractivity contribution is 6.31. The molecule has 0 bridgehead atoms. The number of ether oxygens (including phenoxy) is 3. The van der Waals surface area contributed by atoms with E-state index in [0.29, 0.717) is 28.7 Å². The molecule has 0 saturated heterocycles. The fourth-order valence-corrected chi connectivity index (χ4v) is 2.64. The number of hydrogen-bond acceptors (Lipinski definition) is 5. The molecular formula is C23H19ClO5. The molecule has 0 aliphatic carbocycles. The Kier molecular flexibility index (Phi) is 7.25. The van der Waals surface area contributed by atoms with Gasteiger partial charge in [-0.05, 0) is 42.0 Å². The summed E-state index contributed by atoms with van der Waals surface area (Å²) in [6.07, 6.45) is 0. The first kappa shape index (κ1) is 20.4. The van der Waals surface area contributed by atoms with Crippen molar-refractivity contribution in [3.8, 4) is 11.5 Å². The quantitative estimate of drug-likeness (QED) is 0.377. The van der Waals surface area contributed by atoms with E-state index in [0.717, 1.165) is 5.56 Å². The lowest BCUT2D eigenvalue weighted by Gasteiger charge is -2.09. The van der Waals surface area contributed by atoms with Gasteiger partial charge in [0.2, 0.25) is 0 Å². The third kappa shape index (κ3) is 6.66. The number of halogens is 1. The topological polar surface area (TPSA) is 61.8 Å². The number of carbonyl (C=O) groups is 2.